The van der Waals surface area contributed by atoms with E-state index in [1.165, 1.54) is 0 Å². The standard InChI is InChI=1S/C18H19N3O/c1-22-18-10-6-5-9-16(18)17-13-14(11-12-19)20-21(17)15-7-3-2-4-8-15/h2-10,13H,11-12,19H2,1H3. The quantitative estimate of drug-likeness (QED) is 0.786. The second kappa shape index (κ2) is 6.45. The maximum Gasteiger partial charge on any atom is 0.128 e. The van der Waals surface area contributed by atoms with E-state index in [-0.39, 0.29) is 0 Å². The molecule has 0 unspecified atom stereocenters. The molecule has 0 aliphatic carbocycles. The first-order valence-corrected chi connectivity index (χ1v) is 7.31. The zero-order valence-electron chi connectivity index (χ0n) is 12.6. The van der Waals surface area contributed by atoms with Crippen molar-refractivity contribution in [2.24, 2.45) is 5.73 Å². The zero-order chi connectivity index (χ0) is 15.4. The van der Waals surface area contributed by atoms with Crippen LogP contribution < -0.4 is 10.5 Å². The minimum Gasteiger partial charge on any atom is -0.496 e. The maximum absolute atomic E-state index is 5.68. The molecule has 3 rings (SSSR count). The molecule has 1 aromatic heterocycles. The van der Waals surface area contributed by atoms with Gasteiger partial charge in [0, 0.05) is 12.0 Å². The minimum absolute atomic E-state index is 0.581. The van der Waals surface area contributed by atoms with Crippen LogP contribution in [0.25, 0.3) is 16.9 Å². The Morgan fingerprint density at radius 1 is 1.05 bits per heavy atom. The summed E-state index contributed by atoms with van der Waals surface area (Å²) < 4.78 is 7.44. The van der Waals surface area contributed by atoms with E-state index in [0.717, 1.165) is 34.8 Å². The number of nitrogens with two attached hydrogens (primary N) is 1. The first-order valence-electron chi connectivity index (χ1n) is 7.31. The van der Waals surface area contributed by atoms with E-state index in [1.807, 2.05) is 59.3 Å². The molecule has 0 atom stereocenters. The Kier molecular flexibility index (Phi) is 4.21. The number of hydrogen-bond donors (Lipinski definition) is 1. The van der Waals surface area contributed by atoms with Crippen molar-refractivity contribution >= 4 is 0 Å². The Hall–Kier alpha value is -2.59. The molecule has 0 aliphatic heterocycles. The van der Waals surface area contributed by atoms with Crippen LogP contribution >= 0.6 is 0 Å². The third-order valence-electron chi connectivity index (χ3n) is 3.54. The lowest BCUT2D eigenvalue weighted by atomic mass is 10.1. The monoisotopic (exact) mass is 293 g/mol. The van der Waals surface area contributed by atoms with Crippen molar-refractivity contribution in [2.75, 3.05) is 13.7 Å². The van der Waals surface area contributed by atoms with Gasteiger partial charge in [-0.05, 0) is 36.9 Å². The number of rotatable bonds is 5. The molecule has 2 aromatic carbocycles. The second-order valence-corrected chi connectivity index (χ2v) is 5.01. The van der Waals surface area contributed by atoms with Gasteiger partial charge in [0.05, 0.1) is 24.2 Å². The molecule has 4 nitrogen and oxygen atoms in total. The maximum atomic E-state index is 5.68. The Labute approximate surface area is 130 Å². The van der Waals surface area contributed by atoms with Gasteiger partial charge in [0.15, 0.2) is 0 Å². The summed E-state index contributed by atoms with van der Waals surface area (Å²) in [5, 5.41) is 4.70. The Morgan fingerprint density at radius 3 is 2.50 bits per heavy atom. The largest absolute Gasteiger partial charge is 0.496 e. The van der Waals surface area contributed by atoms with Crippen molar-refractivity contribution in [3.8, 4) is 22.7 Å². The fraction of sp³-hybridized carbons (Fsp3) is 0.167. The van der Waals surface area contributed by atoms with Gasteiger partial charge in [-0.15, -0.1) is 0 Å². The number of aromatic nitrogens is 2. The summed E-state index contributed by atoms with van der Waals surface area (Å²) in [6.45, 7) is 0.581. The summed E-state index contributed by atoms with van der Waals surface area (Å²) >= 11 is 0. The highest BCUT2D eigenvalue weighted by Crippen LogP contribution is 2.31. The van der Waals surface area contributed by atoms with Gasteiger partial charge >= 0.3 is 0 Å². The number of ether oxygens (including phenoxy) is 1. The minimum atomic E-state index is 0.581. The molecule has 3 aromatic rings. The number of nitrogens with zero attached hydrogens (tertiary/aromatic N) is 2. The fourth-order valence-corrected chi connectivity index (χ4v) is 2.51. The van der Waals surface area contributed by atoms with Crippen molar-refractivity contribution < 1.29 is 4.74 Å². The average Bonchev–Trinajstić information content (AvgIpc) is 3.00. The molecule has 2 N–H and O–H groups in total. The smallest absolute Gasteiger partial charge is 0.128 e. The van der Waals surface area contributed by atoms with Crippen LogP contribution in [-0.4, -0.2) is 23.4 Å². The third kappa shape index (κ3) is 2.73. The van der Waals surface area contributed by atoms with Crippen LogP contribution in [0.15, 0.2) is 60.7 Å². The Morgan fingerprint density at radius 2 is 1.77 bits per heavy atom. The summed E-state index contributed by atoms with van der Waals surface area (Å²) in [5.74, 6) is 0.832. The van der Waals surface area contributed by atoms with Crippen LogP contribution in [0.4, 0.5) is 0 Å². The SMILES string of the molecule is COc1ccccc1-c1cc(CCN)nn1-c1ccccc1. The van der Waals surface area contributed by atoms with Gasteiger partial charge in [-0.2, -0.15) is 5.10 Å². The van der Waals surface area contributed by atoms with Crippen LogP contribution in [0.2, 0.25) is 0 Å². The van der Waals surface area contributed by atoms with E-state index in [9.17, 15) is 0 Å². The van der Waals surface area contributed by atoms with Crippen LogP contribution in [0.3, 0.4) is 0 Å². The molecule has 4 heteroatoms. The lowest BCUT2D eigenvalue weighted by Gasteiger charge is -2.10. The van der Waals surface area contributed by atoms with E-state index in [0.29, 0.717) is 6.54 Å². The van der Waals surface area contributed by atoms with Crippen LogP contribution in [0.1, 0.15) is 5.69 Å². The van der Waals surface area contributed by atoms with Gasteiger partial charge in [0.2, 0.25) is 0 Å². The average molecular weight is 293 g/mol. The topological polar surface area (TPSA) is 53.1 Å². The van der Waals surface area contributed by atoms with Crippen molar-refractivity contribution in [3.63, 3.8) is 0 Å². The summed E-state index contributed by atoms with van der Waals surface area (Å²) in [5.41, 5.74) is 9.70. The molecular formula is C18H19N3O. The first kappa shape index (κ1) is 14.4. The number of benzene rings is 2. The lowest BCUT2D eigenvalue weighted by molar-refractivity contribution is 0.416. The molecule has 1 heterocycles. The number of methoxy groups -OCH3 is 1. The molecule has 0 fully saturated rings. The highest BCUT2D eigenvalue weighted by Gasteiger charge is 2.14. The van der Waals surface area contributed by atoms with Gasteiger partial charge in [-0.25, -0.2) is 4.68 Å². The van der Waals surface area contributed by atoms with Gasteiger partial charge in [0.1, 0.15) is 5.75 Å². The first-order chi connectivity index (χ1) is 10.8. The zero-order valence-corrected chi connectivity index (χ0v) is 12.6. The third-order valence-corrected chi connectivity index (χ3v) is 3.54. The highest BCUT2D eigenvalue weighted by atomic mass is 16.5. The number of hydrogen-bond acceptors (Lipinski definition) is 3. The summed E-state index contributed by atoms with van der Waals surface area (Å²) in [6.07, 6.45) is 0.752. The molecule has 112 valence electrons. The van der Waals surface area contributed by atoms with E-state index in [1.54, 1.807) is 7.11 Å². The van der Waals surface area contributed by atoms with E-state index >= 15 is 0 Å². The second-order valence-electron chi connectivity index (χ2n) is 5.01. The van der Waals surface area contributed by atoms with Crippen LogP contribution in [0.5, 0.6) is 5.75 Å². The molecule has 0 spiro atoms. The van der Waals surface area contributed by atoms with Crippen molar-refractivity contribution in [2.45, 2.75) is 6.42 Å². The summed E-state index contributed by atoms with van der Waals surface area (Å²) in [7, 11) is 1.68. The van der Waals surface area contributed by atoms with E-state index in [2.05, 4.69) is 6.07 Å². The molecule has 0 amide bonds. The number of para-hydroxylation sites is 2. The van der Waals surface area contributed by atoms with Crippen LogP contribution in [0, 0.1) is 0 Å². The predicted octanol–water partition coefficient (Wildman–Crippen LogP) is 3.05. The fourth-order valence-electron chi connectivity index (χ4n) is 2.51. The van der Waals surface area contributed by atoms with Crippen molar-refractivity contribution in [1.29, 1.82) is 0 Å². The molecule has 0 radical (unpaired) electrons. The van der Waals surface area contributed by atoms with Crippen LogP contribution in [-0.2, 0) is 6.42 Å². The van der Waals surface area contributed by atoms with Gasteiger partial charge < -0.3 is 10.5 Å². The molecule has 0 aliphatic rings. The van der Waals surface area contributed by atoms with Gasteiger partial charge in [0.25, 0.3) is 0 Å². The summed E-state index contributed by atoms with van der Waals surface area (Å²) in [6, 6.07) is 20.1. The Bertz CT molecular complexity index is 750. The van der Waals surface area contributed by atoms with E-state index in [4.69, 9.17) is 15.6 Å². The highest BCUT2D eigenvalue weighted by molar-refractivity contribution is 5.69. The summed E-state index contributed by atoms with van der Waals surface area (Å²) in [4.78, 5) is 0. The Balaban J connectivity index is 2.17. The predicted molar refractivity (Wildman–Crippen MR) is 88.3 cm³/mol. The molecule has 0 bridgehead atoms. The normalized spacial score (nSPS) is 10.6. The molecule has 22 heavy (non-hydrogen) atoms. The van der Waals surface area contributed by atoms with Gasteiger partial charge in [-0.3, -0.25) is 0 Å². The lowest BCUT2D eigenvalue weighted by Crippen LogP contribution is -2.04. The van der Waals surface area contributed by atoms with Gasteiger partial charge in [-0.1, -0.05) is 30.3 Å². The van der Waals surface area contributed by atoms with E-state index < -0.39 is 0 Å². The van der Waals surface area contributed by atoms with Crippen molar-refractivity contribution in [1.82, 2.24) is 9.78 Å². The molecule has 0 saturated carbocycles. The molecular weight excluding hydrogens is 274 g/mol. The van der Waals surface area contributed by atoms with Crippen molar-refractivity contribution in [3.05, 3.63) is 66.4 Å². The molecule has 0 saturated heterocycles.